The zero-order valence-electron chi connectivity index (χ0n) is 13.4. The second-order valence-corrected chi connectivity index (χ2v) is 5.07. The number of nitrogens with one attached hydrogen (secondary N) is 1. The van der Waals surface area contributed by atoms with Crippen molar-refractivity contribution >= 4 is 11.6 Å². The van der Waals surface area contributed by atoms with Gasteiger partial charge < -0.3 is 25.3 Å². The Balaban J connectivity index is 1.65. The van der Waals surface area contributed by atoms with Crippen molar-refractivity contribution < 1.29 is 14.2 Å². The minimum Gasteiger partial charge on any atom is -0.490 e. The van der Waals surface area contributed by atoms with Gasteiger partial charge in [0.2, 0.25) is 0 Å². The number of nitrogens with zero attached hydrogens (tertiary/aromatic N) is 3. The van der Waals surface area contributed by atoms with Gasteiger partial charge in [0.05, 0.1) is 32.6 Å². The van der Waals surface area contributed by atoms with Crippen molar-refractivity contribution in [2.24, 2.45) is 10.7 Å². The van der Waals surface area contributed by atoms with Crippen LogP contribution in [0.15, 0.2) is 35.5 Å². The molecule has 0 fully saturated rings. The van der Waals surface area contributed by atoms with Crippen LogP contribution in [0.4, 0.5) is 5.69 Å². The average molecular weight is 329 g/mol. The normalized spacial score (nSPS) is 14.0. The first-order valence-corrected chi connectivity index (χ1v) is 7.57. The van der Waals surface area contributed by atoms with Crippen molar-refractivity contribution in [2.75, 3.05) is 25.6 Å². The molecule has 0 aliphatic carbocycles. The first kappa shape index (κ1) is 15.9. The number of hydrogen-bond donors (Lipinski definition) is 2. The SMILES string of the molecule is COc1nccc(CN=C(N)Nc2ccc3c(c2)OCCCO3)n1. The summed E-state index contributed by atoms with van der Waals surface area (Å²) in [4.78, 5) is 12.4. The van der Waals surface area contributed by atoms with Crippen molar-refractivity contribution in [1.82, 2.24) is 9.97 Å². The van der Waals surface area contributed by atoms with Gasteiger partial charge in [-0.2, -0.15) is 4.98 Å². The smallest absolute Gasteiger partial charge is 0.316 e. The van der Waals surface area contributed by atoms with Gasteiger partial charge in [0.25, 0.3) is 0 Å². The van der Waals surface area contributed by atoms with Crippen LogP contribution in [0, 0.1) is 0 Å². The monoisotopic (exact) mass is 329 g/mol. The van der Waals surface area contributed by atoms with Gasteiger partial charge in [-0.3, -0.25) is 0 Å². The molecule has 1 aliphatic rings. The number of hydrogen-bond acceptors (Lipinski definition) is 6. The second-order valence-electron chi connectivity index (χ2n) is 5.07. The average Bonchev–Trinajstić information content (AvgIpc) is 2.85. The molecule has 1 aliphatic heterocycles. The van der Waals surface area contributed by atoms with Gasteiger partial charge in [0.15, 0.2) is 17.5 Å². The van der Waals surface area contributed by atoms with E-state index in [4.69, 9.17) is 19.9 Å². The molecule has 1 aromatic carbocycles. The standard InChI is InChI=1S/C16H19N5O3/c1-22-16-18-6-5-12(21-16)10-19-15(17)20-11-3-4-13-14(9-11)24-8-2-7-23-13/h3-6,9H,2,7-8,10H2,1H3,(H3,17,19,20). The second kappa shape index (κ2) is 7.49. The van der Waals surface area contributed by atoms with Gasteiger partial charge in [-0.25, -0.2) is 9.98 Å². The highest BCUT2D eigenvalue weighted by molar-refractivity contribution is 5.92. The van der Waals surface area contributed by atoms with Gasteiger partial charge in [0, 0.05) is 24.4 Å². The first-order chi connectivity index (χ1) is 11.7. The largest absolute Gasteiger partial charge is 0.490 e. The zero-order valence-corrected chi connectivity index (χ0v) is 13.4. The Morgan fingerprint density at radius 3 is 2.96 bits per heavy atom. The summed E-state index contributed by atoms with van der Waals surface area (Å²) in [7, 11) is 1.52. The van der Waals surface area contributed by atoms with Crippen molar-refractivity contribution in [3.63, 3.8) is 0 Å². The van der Waals surface area contributed by atoms with Crippen LogP contribution >= 0.6 is 0 Å². The molecule has 0 atom stereocenters. The van der Waals surface area contributed by atoms with Crippen molar-refractivity contribution in [3.8, 4) is 17.5 Å². The zero-order chi connectivity index (χ0) is 16.8. The number of aromatic nitrogens is 2. The summed E-state index contributed by atoms with van der Waals surface area (Å²) in [5, 5.41) is 3.03. The predicted molar refractivity (Wildman–Crippen MR) is 89.6 cm³/mol. The fraction of sp³-hybridized carbons (Fsp3) is 0.312. The lowest BCUT2D eigenvalue weighted by Gasteiger charge is -2.10. The number of ether oxygens (including phenoxy) is 3. The number of guanidine groups is 1. The van der Waals surface area contributed by atoms with Crippen LogP contribution < -0.4 is 25.3 Å². The van der Waals surface area contributed by atoms with E-state index >= 15 is 0 Å². The van der Waals surface area contributed by atoms with Gasteiger partial charge in [-0.15, -0.1) is 0 Å². The molecule has 0 bridgehead atoms. The Hall–Kier alpha value is -3.03. The Labute approximate surface area is 139 Å². The summed E-state index contributed by atoms with van der Waals surface area (Å²) in [5.74, 6) is 1.72. The molecule has 8 heteroatoms. The van der Waals surface area contributed by atoms with E-state index in [0.29, 0.717) is 37.2 Å². The van der Waals surface area contributed by atoms with Gasteiger partial charge in [-0.1, -0.05) is 0 Å². The summed E-state index contributed by atoms with van der Waals surface area (Å²) in [6.07, 6.45) is 2.48. The van der Waals surface area contributed by atoms with E-state index < -0.39 is 0 Å². The highest BCUT2D eigenvalue weighted by atomic mass is 16.5. The Morgan fingerprint density at radius 2 is 2.12 bits per heavy atom. The number of benzene rings is 1. The Morgan fingerprint density at radius 1 is 1.29 bits per heavy atom. The number of fused-ring (bicyclic) bond motifs is 1. The van der Waals surface area contributed by atoms with Crippen LogP contribution in [0.1, 0.15) is 12.1 Å². The maximum atomic E-state index is 5.92. The van der Waals surface area contributed by atoms with Crippen molar-refractivity contribution in [3.05, 3.63) is 36.2 Å². The minimum absolute atomic E-state index is 0.280. The van der Waals surface area contributed by atoms with Crippen LogP contribution in [0.25, 0.3) is 0 Å². The summed E-state index contributed by atoms with van der Waals surface area (Å²) >= 11 is 0. The molecule has 0 saturated carbocycles. The van der Waals surface area contributed by atoms with E-state index in [1.807, 2.05) is 18.2 Å². The number of rotatable bonds is 4. The van der Waals surface area contributed by atoms with E-state index in [1.165, 1.54) is 7.11 Å². The van der Waals surface area contributed by atoms with Crippen LogP contribution in [0.2, 0.25) is 0 Å². The molecule has 126 valence electrons. The van der Waals surface area contributed by atoms with Gasteiger partial charge >= 0.3 is 6.01 Å². The summed E-state index contributed by atoms with van der Waals surface area (Å²) < 4.78 is 16.2. The Bertz CT molecular complexity index is 735. The van der Waals surface area contributed by atoms with Crippen LogP contribution in [0.3, 0.4) is 0 Å². The van der Waals surface area contributed by atoms with E-state index in [0.717, 1.165) is 17.9 Å². The highest BCUT2D eigenvalue weighted by Gasteiger charge is 2.10. The molecule has 0 unspecified atom stereocenters. The molecule has 3 N–H and O–H groups in total. The lowest BCUT2D eigenvalue weighted by molar-refractivity contribution is 0.297. The number of methoxy groups -OCH3 is 1. The maximum absolute atomic E-state index is 5.92. The molecule has 0 spiro atoms. The summed E-state index contributed by atoms with van der Waals surface area (Å²) in [6.45, 7) is 1.61. The third-order valence-corrected chi connectivity index (χ3v) is 3.31. The molecule has 1 aromatic heterocycles. The third-order valence-electron chi connectivity index (χ3n) is 3.31. The fourth-order valence-electron chi connectivity index (χ4n) is 2.16. The molecular weight excluding hydrogens is 310 g/mol. The quantitative estimate of drug-likeness (QED) is 0.648. The van der Waals surface area contributed by atoms with E-state index in [-0.39, 0.29) is 5.96 Å². The molecule has 0 saturated heterocycles. The lowest BCUT2D eigenvalue weighted by atomic mass is 10.3. The number of nitrogens with two attached hydrogens (primary N) is 1. The highest BCUT2D eigenvalue weighted by Crippen LogP contribution is 2.32. The first-order valence-electron chi connectivity index (χ1n) is 7.57. The molecule has 3 rings (SSSR count). The van der Waals surface area contributed by atoms with E-state index in [1.54, 1.807) is 12.3 Å². The summed E-state index contributed by atoms with van der Waals surface area (Å²) in [6, 6.07) is 7.62. The fourth-order valence-corrected chi connectivity index (χ4v) is 2.16. The molecule has 24 heavy (non-hydrogen) atoms. The molecule has 8 nitrogen and oxygen atoms in total. The van der Waals surface area contributed by atoms with Gasteiger partial charge in [-0.05, 0) is 18.2 Å². The number of aliphatic imine (C=N–C) groups is 1. The lowest BCUT2D eigenvalue weighted by Crippen LogP contribution is -2.22. The summed E-state index contributed by atoms with van der Waals surface area (Å²) in [5.41, 5.74) is 7.41. The molecule has 0 amide bonds. The predicted octanol–water partition coefficient (Wildman–Crippen LogP) is 1.57. The molecule has 2 heterocycles. The third kappa shape index (κ3) is 4.03. The molecule has 2 aromatic rings. The van der Waals surface area contributed by atoms with Gasteiger partial charge in [0.1, 0.15) is 0 Å². The van der Waals surface area contributed by atoms with E-state index in [2.05, 4.69) is 20.3 Å². The molecule has 0 radical (unpaired) electrons. The number of anilines is 1. The topological polar surface area (TPSA) is 104 Å². The van der Waals surface area contributed by atoms with Crippen LogP contribution in [-0.4, -0.2) is 36.3 Å². The molecular formula is C16H19N5O3. The Kier molecular flexibility index (Phi) is 4.95. The van der Waals surface area contributed by atoms with E-state index in [9.17, 15) is 0 Å². The van der Waals surface area contributed by atoms with Crippen molar-refractivity contribution in [1.29, 1.82) is 0 Å². The van der Waals surface area contributed by atoms with Crippen LogP contribution in [-0.2, 0) is 6.54 Å². The van der Waals surface area contributed by atoms with Crippen LogP contribution in [0.5, 0.6) is 17.5 Å². The van der Waals surface area contributed by atoms with Crippen molar-refractivity contribution in [2.45, 2.75) is 13.0 Å². The minimum atomic E-state index is 0.280. The maximum Gasteiger partial charge on any atom is 0.316 e.